The van der Waals surface area contributed by atoms with Crippen molar-refractivity contribution < 1.29 is 9.59 Å². The van der Waals surface area contributed by atoms with Crippen LogP contribution < -0.4 is 9.80 Å². The van der Waals surface area contributed by atoms with Crippen molar-refractivity contribution in [3.8, 4) is 0 Å². The molecule has 22 heavy (non-hydrogen) atoms. The highest BCUT2D eigenvalue weighted by molar-refractivity contribution is 5.84. The molecule has 4 nitrogen and oxygen atoms in total. The minimum atomic E-state index is 0.421. The van der Waals surface area contributed by atoms with Gasteiger partial charge >= 0.3 is 0 Å². The second-order valence-corrected chi connectivity index (χ2v) is 5.85. The van der Waals surface area contributed by atoms with Gasteiger partial charge in [0, 0.05) is 26.6 Å². The van der Waals surface area contributed by atoms with Crippen molar-refractivity contribution in [3.05, 3.63) is 23.8 Å². The summed E-state index contributed by atoms with van der Waals surface area (Å²) in [6, 6.07) is 6.66. The zero-order valence-corrected chi connectivity index (χ0v) is 14.2. The molecule has 1 atom stereocenters. The number of rotatable bonds is 10. The lowest BCUT2D eigenvalue weighted by molar-refractivity contribution is -0.108. The van der Waals surface area contributed by atoms with Crippen LogP contribution in [0.2, 0.25) is 0 Å². The lowest BCUT2D eigenvalue weighted by atomic mass is 10.0. The maximum Gasteiger partial charge on any atom is 0.213 e. The molecule has 1 aromatic carbocycles. The van der Waals surface area contributed by atoms with Crippen LogP contribution in [0.1, 0.15) is 45.1 Å². The van der Waals surface area contributed by atoms with Crippen LogP contribution in [0.15, 0.2) is 18.2 Å². The largest absolute Gasteiger partial charge is 0.370 e. The molecule has 1 unspecified atom stereocenters. The van der Waals surface area contributed by atoms with Gasteiger partial charge in [0.25, 0.3) is 0 Å². The van der Waals surface area contributed by atoms with Crippen molar-refractivity contribution >= 4 is 24.1 Å². The Morgan fingerprint density at radius 3 is 2.50 bits per heavy atom. The number of aryl methyl sites for hydroxylation is 1. The van der Waals surface area contributed by atoms with E-state index >= 15 is 0 Å². The summed E-state index contributed by atoms with van der Waals surface area (Å²) in [6.07, 6.45) is 6.31. The zero-order chi connectivity index (χ0) is 16.5. The number of hydrogen-bond donors (Lipinski definition) is 0. The molecule has 0 radical (unpaired) electrons. The summed E-state index contributed by atoms with van der Waals surface area (Å²) in [5.41, 5.74) is 3.14. The number of nitrogens with zero attached hydrogens (tertiary/aromatic N) is 2. The normalized spacial score (nSPS) is 11.8. The minimum absolute atomic E-state index is 0.421. The Morgan fingerprint density at radius 1 is 1.18 bits per heavy atom. The van der Waals surface area contributed by atoms with Crippen LogP contribution in [-0.2, 0) is 16.0 Å². The van der Waals surface area contributed by atoms with Crippen molar-refractivity contribution in [1.82, 2.24) is 0 Å². The molecule has 0 heterocycles. The second-order valence-electron chi connectivity index (χ2n) is 5.85. The van der Waals surface area contributed by atoms with Crippen molar-refractivity contribution in [1.29, 1.82) is 0 Å². The molecule has 0 aliphatic carbocycles. The van der Waals surface area contributed by atoms with E-state index < -0.39 is 0 Å². The molecule has 0 spiro atoms. The molecule has 0 N–H and O–H groups in total. The molecular formula is C18H28N2O2. The highest BCUT2D eigenvalue weighted by atomic mass is 16.1. The Kier molecular flexibility index (Phi) is 7.64. The van der Waals surface area contributed by atoms with Crippen molar-refractivity contribution in [2.45, 2.75) is 52.0 Å². The topological polar surface area (TPSA) is 40.6 Å². The molecule has 1 rings (SSSR count). The summed E-state index contributed by atoms with van der Waals surface area (Å²) in [4.78, 5) is 25.5. The van der Waals surface area contributed by atoms with Crippen molar-refractivity contribution in [2.75, 3.05) is 23.9 Å². The fourth-order valence-corrected chi connectivity index (χ4v) is 2.60. The van der Waals surface area contributed by atoms with Crippen LogP contribution in [0.3, 0.4) is 0 Å². The summed E-state index contributed by atoms with van der Waals surface area (Å²) < 4.78 is 0. The van der Waals surface area contributed by atoms with E-state index in [-0.39, 0.29) is 0 Å². The Bertz CT molecular complexity index is 488. The predicted molar refractivity (Wildman–Crippen MR) is 92.7 cm³/mol. The van der Waals surface area contributed by atoms with E-state index in [0.717, 1.165) is 55.3 Å². The van der Waals surface area contributed by atoms with Gasteiger partial charge in [-0.15, -0.1) is 0 Å². The van der Waals surface area contributed by atoms with Crippen LogP contribution in [0.5, 0.6) is 0 Å². The third-order valence-electron chi connectivity index (χ3n) is 4.11. The number of benzene rings is 1. The standard InChI is InChI=1S/C18H28N2O2/c1-5-8-15(2)20(4)17-11-10-16(9-6-7-12-21)13-18(17)19(3)14-22/h10-15H,5-9H2,1-4H3. The molecule has 0 saturated heterocycles. The summed E-state index contributed by atoms with van der Waals surface area (Å²) in [6.45, 7) is 4.38. The van der Waals surface area contributed by atoms with Gasteiger partial charge in [0.15, 0.2) is 0 Å². The van der Waals surface area contributed by atoms with E-state index in [1.165, 1.54) is 0 Å². The number of carbonyl (C=O) groups excluding carboxylic acids is 2. The Balaban J connectivity index is 3.04. The average molecular weight is 304 g/mol. The van der Waals surface area contributed by atoms with Gasteiger partial charge in [0.2, 0.25) is 6.41 Å². The first-order chi connectivity index (χ1) is 10.5. The number of unbranched alkanes of at least 4 members (excludes halogenated alkanes) is 1. The molecule has 0 saturated carbocycles. The SMILES string of the molecule is CCCC(C)N(C)c1ccc(CCCC=O)cc1N(C)C=O. The van der Waals surface area contributed by atoms with E-state index in [9.17, 15) is 9.59 Å². The number of carbonyl (C=O) groups is 2. The van der Waals surface area contributed by atoms with E-state index in [4.69, 9.17) is 0 Å². The van der Waals surface area contributed by atoms with Gasteiger partial charge in [0.05, 0.1) is 11.4 Å². The number of hydrogen-bond acceptors (Lipinski definition) is 3. The monoisotopic (exact) mass is 304 g/mol. The molecule has 0 aromatic heterocycles. The fraction of sp³-hybridized carbons (Fsp3) is 0.556. The first-order valence-electron chi connectivity index (χ1n) is 8.02. The van der Waals surface area contributed by atoms with E-state index in [2.05, 4.69) is 44.0 Å². The van der Waals surface area contributed by atoms with Crippen molar-refractivity contribution in [3.63, 3.8) is 0 Å². The summed E-state index contributed by atoms with van der Waals surface area (Å²) in [5, 5.41) is 0. The highest BCUT2D eigenvalue weighted by Gasteiger charge is 2.16. The van der Waals surface area contributed by atoms with Gasteiger partial charge in [-0.05, 0) is 43.9 Å². The lowest BCUT2D eigenvalue weighted by Crippen LogP contribution is -2.30. The third kappa shape index (κ3) is 4.86. The van der Waals surface area contributed by atoms with E-state index in [0.29, 0.717) is 12.5 Å². The van der Waals surface area contributed by atoms with E-state index in [1.54, 1.807) is 11.9 Å². The molecule has 0 fully saturated rings. The molecule has 1 aromatic rings. The molecule has 0 aliphatic heterocycles. The van der Waals surface area contributed by atoms with Crippen molar-refractivity contribution in [2.24, 2.45) is 0 Å². The lowest BCUT2D eigenvalue weighted by Gasteiger charge is -2.30. The van der Waals surface area contributed by atoms with Gasteiger partial charge in [-0.2, -0.15) is 0 Å². The van der Waals surface area contributed by atoms with Gasteiger partial charge < -0.3 is 14.6 Å². The molecule has 1 amide bonds. The highest BCUT2D eigenvalue weighted by Crippen LogP contribution is 2.31. The minimum Gasteiger partial charge on any atom is -0.370 e. The predicted octanol–water partition coefficient (Wildman–Crippen LogP) is 3.43. The molecule has 122 valence electrons. The molecule has 0 bridgehead atoms. The zero-order valence-electron chi connectivity index (χ0n) is 14.2. The van der Waals surface area contributed by atoms with Crippen LogP contribution in [0, 0.1) is 0 Å². The maximum atomic E-state index is 11.2. The summed E-state index contributed by atoms with van der Waals surface area (Å²) in [5.74, 6) is 0. The smallest absolute Gasteiger partial charge is 0.213 e. The van der Waals surface area contributed by atoms with Gasteiger partial charge in [-0.1, -0.05) is 19.4 Å². The number of amides is 1. The molecule has 0 aliphatic rings. The van der Waals surface area contributed by atoms with Crippen LogP contribution >= 0.6 is 0 Å². The fourth-order valence-electron chi connectivity index (χ4n) is 2.60. The number of anilines is 2. The summed E-state index contributed by atoms with van der Waals surface area (Å²) >= 11 is 0. The average Bonchev–Trinajstić information content (AvgIpc) is 2.53. The first kappa shape index (κ1) is 18.2. The number of aldehydes is 1. The van der Waals surface area contributed by atoms with Crippen LogP contribution in [0.4, 0.5) is 11.4 Å². The Labute approximate surface area is 134 Å². The van der Waals surface area contributed by atoms with Crippen LogP contribution in [-0.4, -0.2) is 32.8 Å². The first-order valence-corrected chi connectivity index (χ1v) is 8.02. The Hall–Kier alpha value is -1.84. The molecular weight excluding hydrogens is 276 g/mol. The second kappa shape index (κ2) is 9.23. The third-order valence-corrected chi connectivity index (χ3v) is 4.11. The van der Waals surface area contributed by atoms with Crippen LogP contribution in [0.25, 0.3) is 0 Å². The van der Waals surface area contributed by atoms with Gasteiger partial charge in [-0.3, -0.25) is 4.79 Å². The summed E-state index contributed by atoms with van der Waals surface area (Å²) in [7, 11) is 3.85. The molecule has 4 heteroatoms. The Morgan fingerprint density at radius 2 is 1.91 bits per heavy atom. The van der Waals surface area contributed by atoms with Gasteiger partial charge in [-0.25, -0.2) is 0 Å². The maximum absolute atomic E-state index is 11.2. The quantitative estimate of drug-likeness (QED) is 0.491. The van der Waals surface area contributed by atoms with Gasteiger partial charge in [0.1, 0.15) is 6.29 Å². The van der Waals surface area contributed by atoms with E-state index in [1.807, 2.05) is 0 Å².